The molecule has 8 N–H and O–H groups in total. The first-order valence-corrected chi connectivity index (χ1v) is 20.9. The molecular weight excluding hydrogens is 708 g/mol. The van der Waals surface area contributed by atoms with Crippen molar-refractivity contribution < 1.29 is 53.1 Å². The summed E-state index contributed by atoms with van der Waals surface area (Å²) in [7, 11) is 0. The molecule has 0 heterocycles. The maximum Gasteiger partial charge on any atom is 0.328 e. The summed E-state index contributed by atoms with van der Waals surface area (Å²) in [5.74, 6) is -2.70. The van der Waals surface area contributed by atoms with Gasteiger partial charge in [-0.15, -0.1) is 0 Å². The van der Waals surface area contributed by atoms with Gasteiger partial charge < -0.3 is 56.0 Å². The van der Waals surface area contributed by atoms with Gasteiger partial charge in [0, 0.05) is 31.1 Å². The van der Waals surface area contributed by atoms with Crippen molar-refractivity contribution in [2.75, 3.05) is 84.0 Å². The summed E-state index contributed by atoms with van der Waals surface area (Å²) in [5, 5.41) is 23.4. The van der Waals surface area contributed by atoms with Gasteiger partial charge >= 0.3 is 17.9 Å². The molecule has 0 unspecified atom stereocenters. The molecule has 0 aromatic rings. The molecule has 0 bridgehead atoms. The highest BCUT2D eigenvalue weighted by atomic mass is 32.2. The van der Waals surface area contributed by atoms with E-state index in [9.17, 15) is 19.2 Å². The van der Waals surface area contributed by atoms with Crippen LogP contribution in [0.25, 0.3) is 0 Å². The van der Waals surface area contributed by atoms with Gasteiger partial charge in [0.2, 0.25) is 5.91 Å². The minimum absolute atomic E-state index is 0.0271. The quantitative estimate of drug-likeness (QED) is 0.0388. The Hall–Kier alpha value is -2.05. The van der Waals surface area contributed by atoms with Crippen LogP contribution in [0.5, 0.6) is 0 Å². The molecule has 3 atom stereocenters. The number of unbranched alkanes of at least 4 members (excludes halogenated alkanes) is 12. The molecule has 0 aliphatic rings. The minimum atomic E-state index is -1.46. The molecule has 312 valence electrons. The van der Waals surface area contributed by atoms with E-state index in [0.717, 1.165) is 25.7 Å². The van der Waals surface area contributed by atoms with Crippen LogP contribution < -0.4 is 22.1 Å². The molecule has 0 aliphatic heterocycles. The third kappa shape index (κ3) is 34.2. The number of thioether (sulfide) groups is 1. The highest BCUT2D eigenvalue weighted by Crippen LogP contribution is 2.14. The maximum atomic E-state index is 12.7. The van der Waals surface area contributed by atoms with Crippen LogP contribution in [-0.4, -0.2) is 136 Å². The van der Waals surface area contributed by atoms with Crippen LogP contribution in [0.1, 0.15) is 110 Å². The predicted molar refractivity (Wildman–Crippen MR) is 207 cm³/mol. The van der Waals surface area contributed by atoms with Crippen molar-refractivity contribution in [2.24, 2.45) is 11.5 Å². The number of esters is 2. The van der Waals surface area contributed by atoms with E-state index in [4.69, 9.17) is 45.4 Å². The summed E-state index contributed by atoms with van der Waals surface area (Å²) in [6.45, 7) is 5.52. The van der Waals surface area contributed by atoms with Crippen molar-refractivity contribution >= 4 is 35.6 Å². The number of aliphatic hydroxyl groups is 1. The van der Waals surface area contributed by atoms with Crippen molar-refractivity contribution in [1.29, 1.82) is 0 Å². The van der Waals surface area contributed by atoms with E-state index in [2.05, 4.69) is 17.6 Å². The Bertz CT molecular complexity index is 907. The van der Waals surface area contributed by atoms with Crippen LogP contribution in [0.3, 0.4) is 0 Å². The van der Waals surface area contributed by atoms with Gasteiger partial charge in [-0.3, -0.25) is 14.4 Å². The molecule has 0 fully saturated rings. The minimum Gasteiger partial charge on any atom is -0.480 e. The first-order valence-electron chi connectivity index (χ1n) is 19.7. The van der Waals surface area contributed by atoms with E-state index in [1.807, 2.05) is 0 Å². The van der Waals surface area contributed by atoms with Crippen molar-refractivity contribution in [3.05, 3.63) is 0 Å². The molecule has 0 rings (SSSR count). The maximum absolute atomic E-state index is 12.7. The van der Waals surface area contributed by atoms with E-state index in [1.165, 1.54) is 69.5 Å². The van der Waals surface area contributed by atoms with Crippen LogP contribution in [0.4, 0.5) is 0 Å². The number of aliphatic hydroxyl groups excluding tert-OH is 1. The second kappa shape index (κ2) is 38.2. The van der Waals surface area contributed by atoms with Crippen molar-refractivity contribution in [1.82, 2.24) is 10.6 Å². The van der Waals surface area contributed by atoms with Gasteiger partial charge in [0.25, 0.3) is 0 Å². The molecule has 1 amide bonds. The smallest absolute Gasteiger partial charge is 0.328 e. The lowest BCUT2D eigenvalue weighted by molar-refractivity contribution is -0.157. The average molecular weight is 781 g/mol. The number of carbonyl (C=O) groups is 4. The van der Waals surface area contributed by atoms with Gasteiger partial charge in [-0.05, 0) is 32.4 Å². The molecule has 0 aromatic heterocycles. The largest absolute Gasteiger partial charge is 0.480 e. The summed E-state index contributed by atoms with van der Waals surface area (Å²) in [6.07, 6.45) is 16.6. The summed E-state index contributed by atoms with van der Waals surface area (Å²) >= 11 is 1.21. The molecule has 15 nitrogen and oxygen atoms in total. The zero-order valence-corrected chi connectivity index (χ0v) is 33.2. The Labute approximate surface area is 322 Å². The van der Waals surface area contributed by atoms with Gasteiger partial charge in [-0.25, -0.2) is 4.79 Å². The number of ether oxygens (including phenoxy) is 5. The fraction of sp³-hybridized carbons (Fsp3) is 0.892. The lowest BCUT2D eigenvalue weighted by Gasteiger charge is -2.19. The normalized spacial score (nSPS) is 13.0. The van der Waals surface area contributed by atoms with E-state index in [0.29, 0.717) is 65.6 Å². The van der Waals surface area contributed by atoms with E-state index >= 15 is 0 Å². The summed E-state index contributed by atoms with van der Waals surface area (Å²) < 4.78 is 27.3. The number of hydrogen-bond donors (Lipinski definition) is 6. The number of amides is 1. The van der Waals surface area contributed by atoms with Gasteiger partial charge in [0.15, 0.2) is 0 Å². The molecule has 16 heteroatoms. The Morgan fingerprint density at radius 3 is 1.81 bits per heavy atom. The molecule has 0 saturated heterocycles. The standard InChI is InChI=1S/C37H72N4O11S/c1-2-3-4-5-6-7-8-9-10-11-12-13-14-17-34(43)52-31(29-53-30-32(39)36(45)41-33(27-42)37(46)47)28-51-35(44)26-40-19-16-21-49-23-25-50-24-22-48-20-15-18-38/h31-33,40,42H,2-30,38-39H2,1H3,(H,41,45)(H,46,47)/t31-,32+,33+/m1/s1. The van der Waals surface area contributed by atoms with Gasteiger partial charge in [0.05, 0.1) is 45.6 Å². The number of nitrogens with two attached hydrogens (primary N) is 2. The Kier molecular flexibility index (Phi) is 36.8. The number of aliphatic carboxylic acids is 1. The summed E-state index contributed by atoms with van der Waals surface area (Å²) in [4.78, 5) is 48.4. The molecule has 0 aromatic carbocycles. The number of nitrogens with one attached hydrogen (secondary N) is 2. The van der Waals surface area contributed by atoms with Crippen LogP contribution in [0.2, 0.25) is 0 Å². The fourth-order valence-corrected chi connectivity index (χ4v) is 5.94. The molecule has 0 spiro atoms. The highest BCUT2D eigenvalue weighted by Gasteiger charge is 2.24. The lowest BCUT2D eigenvalue weighted by atomic mass is 10.0. The monoisotopic (exact) mass is 780 g/mol. The summed E-state index contributed by atoms with van der Waals surface area (Å²) in [6, 6.07) is -2.52. The second-order valence-corrected chi connectivity index (χ2v) is 14.1. The first kappa shape index (κ1) is 51.0. The molecule has 0 saturated carbocycles. The third-order valence-electron chi connectivity index (χ3n) is 8.10. The molecule has 0 radical (unpaired) electrons. The first-order chi connectivity index (χ1) is 25.7. The topological polar surface area (TPSA) is 231 Å². The molecule has 0 aliphatic carbocycles. The van der Waals surface area contributed by atoms with Gasteiger partial charge in [-0.2, -0.15) is 11.8 Å². The Balaban J connectivity index is 4.42. The van der Waals surface area contributed by atoms with E-state index in [-0.39, 0.29) is 37.0 Å². The average Bonchev–Trinajstić information content (AvgIpc) is 3.14. The molecule has 53 heavy (non-hydrogen) atoms. The van der Waals surface area contributed by atoms with Gasteiger partial charge in [-0.1, -0.05) is 84.0 Å². The number of hydrogen-bond acceptors (Lipinski definition) is 14. The van der Waals surface area contributed by atoms with Crippen molar-refractivity contribution in [3.63, 3.8) is 0 Å². The van der Waals surface area contributed by atoms with Crippen LogP contribution >= 0.6 is 11.8 Å². The van der Waals surface area contributed by atoms with Crippen molar-refractivity contribution in [2.45, 2.75) is 128 Å². The number of carbonyl (C=O) groups excluding carboxylic acids is 3. The van der Waals surface area contributed by atoms with Crippen LogP contribution in [0.15, 0.2) is 0 Å². The predicted octanol–water partition coefficient (Wildman–Crippen LogP) is 2.92. The van der Waals surface area contributed by atoms with E-state index in [1.54, 1.807) is 0 Å². The van der Waals surface area contributed by atoms with Crippen molar-refractivity contribution in [3.8, 4) is 0 Å². The van der Waals surface area contributed by atoms with Gasteiger partial charge in [0.1, 0.15) is 18.8 Å². The van der Waals surface area contributed by atoms with E-state index < -0.39 is 42.6 Å². The second-order valence-electron chi connectivity index (χ2n) is 13.0. The summed E-state index contributed by atoms with van der Waals surface area (Å²) in [5.41, 5.74) is 11.3. The highest BCUT2D eigenvalue weighted by molar-refractivity contribution is 7.99. The van der Waals surface area contributed by atoms with Crippen LogP contribution in [0, 0.1) is 0 Å². The fourth-order valence-electron chi connectivity index (χ4n) is 4.97. The van der Waals surface area contributed by atoms with Crippen LogP contribution in [-0.2, 0) is 42.9 Å². The zero-order chi connectivity index (χ0) is 39.2. The third-order valence-corrected chi connectivity index (χ3v) is 9.30. The Morgan fingerprint density at radius 2 is 1.26 bits per heavy atom. The number of carboxylic acids is 1. The SMILES string of the molecule is CCCCCCCCCCCCCCCC(=O)O[C@H](COC(=O)CNCCCOCCOCCOCCCN)CSC[C@H](N)C(=O)N[C@@H](CO)C(=O)O. The Morgan fingerprint density at radius 1 is 0.717 bits per heavy atom. The number of rotatable bonds is 40. The lowest BCUT2D eigenvalue weighted by Crippen LogP contribution is -2.50. The number of carboxylic acid groups (broad SMARTS) is 1. The molecular formula is C37H72N4O11S. The zero-order valence-electron chi connectivity index (χ0n) is 32.4.